The molecule has 1 aliphatic rings. The second kappa shape index (κ2) is 5.77. The third-order valence-corrected chi connectivity index (χ3v) is 3.92. The van der Waals surface area contributed by atoms with Crippen LogP contribution in [0.2, 0.25) is 5.02 Å². The van der Waals surface area contributed by atoms with Gasteiger partial charge in [0.2, 0.25) is 0 Å². The Kier molecular flexibility index (Phi) is 3.86. The minimum atomic E-state index is 0.660. The highest BCUT2D eigenvalue weighted by molar-refractivity contribution is 6.30. The Morgan fingerprint density at radius 3 is 2.47 bits per heavy atom. The average Bonchev–Trinajstić information content (AvgIpc) is 3.20. The molecule has 0 radical (unpaired) electrons. The van der Waals surface area contributed by atoms with E-state index in [1.165, 1.54) is 17.5 Å². The Morgan fingerprint density at radius 1 is 1.00 bits per heavy atom. The second-order valence-corrected chi connectivity index (χ2v) is 5.59. The Bertz CT molecular complexity index is 521. The molecule has 2 aromatic rings. The highest BCUT2D eigenvalue weighted by Crippen LogP contribution is 2.47. The van der Waals surface area contributed by atoms with Crippen molar-refractivity contribution in [2.45, 2.75) is 18.9 Å². The lowest BCUT2D eigenvalue weighted by atomic mass is 10.1. The van der Waals surface area contributed by atoms with Gasteiger partial charge in [-0.2, -0.15) is 0 Å². The van der Waals surface area contributed by atoms with Crippen LogP contribution >= 0.6 is 11.6 Å². The van der Waals surface area contributed by atoms with E-state index in [4.69, 9.17) is 16.3 Å². The fourth-order valence-electron chi connectivity index (χ4n) is 2.45. The molecule has 1 fully saturated rings. The number of hydrogen-bond acceptors (Lipinski definition) is 1. The molecule has 3 rings (SSSR count). The summed E-state index contributed by atoms with van der Waals surface area (Å²) in [7, 11) is 0. The topological polar surface area (TPSA) is 9.23 Å². The van der Waals surface area contributed by atoms with Gasteiger partial charge in [-0.3, -0.25) is 0 Å². The van der Waals surface area contributed by atoms with Crippen molar-refractivity contribution in [1.82, 2.24) is 0 Å². The van der Waals surface area contributed by atoms with Crippen LogP contribution in [0.5, 0.6) is 0 Å². The zero-order chi connectivity index (χ0) is 13.1. The molecular weight excluding hydrogens is 256 g/mol. The summed E-state index contributed by atoms with van der Waals surface area (Å²) >= 11 is 5.90. The molecule has 0 unspecified atom stereocenters. The van der Waals surface area contributed by atoms with Gasteiger partial charge in [0, 0.05) is 5.02 Å². The minimum absolute atomic E-state index is 0.660. The number of halogens is 1. The molecule has 2 heteroatoms. The van der Waals surface area contributed by atoms with E-state index < -0.39 is 0 Å². The molecule has 19 heavy (non-hydrogen) atoms. The Labute approximate surface area is 119 Å². The fraction of sp³-hybridized carbons (Fsp3) is 0.294. The molecule has 98 valence electrons. The Hall–Kier alpha value is -1.31. The predicted molar refractivity (Wildman–Crippen MR) is 78.4 cm³/mol. The number of rotatable bonds is 5. The molecule has 0 heterocycles. The molecule has 2 atom stereocenters. The van der Waals surface area contributed by atoms with Crippen molar-refractivity contribution in [3.05, 3.63) is 70.7 Å². The lowest BCUT2D eigenvalue weighted by Crippen LogP contribution is -1.98. The summed E-state index contributed by atoms with van der Waals surface area (Å²) in [5.41, 5.74) is 2.63. The van der Waals surface area contributed by atoms with E-state index in [0.29, 0.717) is 18.4 Å². The van der Waals surface area contributed by atoms with Gasteiger partial charge >= 0.3 is 0 Å². The van der Waals surface area contributed by atoms with Gasteiger partial charge in [-0.1, -0.05) is 54.1 Å². The van der Waals surface area contributed by atoms with E-state index in [1.54, 1.807) is 0 Å². The van der Waals surface area contributed by atoms with Gasteiger partial charge < -0.3 is 4.74 Å². The van der Waals surface area contributed by atoms with Gasteiger partial charge in [-0.05, 0) is 41.5 Å². The third kappa shape index (κ3) is 3.37. The van der Waals surface area contributed by atoms with Crippen molar-refractivity contribution in [2.24, 2.45) is 5.92 Å². The van der Waals surface area contributed by atoms with E-state index in [-0.39, 0.29) is 0 Å². The number of ether oxygens (including phenoxy) is 1. The fourth-order valence-corrected chi connectivity index (χ4v) is 2.58. The van der Waals surface area contributed by atoms with Crippen molar-refractivity contribution in [2.75, 3.05) is 6.61 Å². The smallest absolute Gasteiger partial charge is 0.0717 e. The molecule has 0 spiro atoms. The van der Waals surface area contributed by atoms with Gasteiger partial charge in [-0.15, -0.1) is 0 Å². The second-order valence-electron chi connectivity index (χ2n) is 5.15. The lowest BCUT2D eigenvalue weighted by molar-refractivity contribution is 0.110. The van der Waals surface area contributed by atoms with E-state index in [0.717, 1.165) is 11.6 Å². The van der Waals surface area contributed by atoms with Crippen molar-refractivity contribution in [3.8, 4) is 0 Å². The normalized spacial score (nSPS) is 21.3. The first kappa shape index (κ1) is 12.7. The molecule has 0 aromatic heterocycles. The molecule has 1 aliphatic carbocycles. The van der Waals surface area contributed by atoms with Crippen LogP contribution in [-0.4, -0.2) is 6.61 Å². The quantitative estimate of drug-likeness (QED) is 0.769. The first-order valence-electron chi connectivity index (χ1n) is 6.70. The number of benzene rings is 2. The molecule has 1 nitrogen and oxygen atoms in total. The van der Waals surface area contributed by atoms with Crippen LogP contribution in [0, 0.1) is 5.92 Å². The summed E-state index contributed by atoms with van der Waals surface area (Å²) in [4.78, 5) is 0. The summed E-state index contributed by atoms with van der Waals surface area (Å²) in [6.45, 7) is 1.56. The van der Waals surface area contributed by atoms with Crippen LogP contribution in [0.25, 0.3) is 0 Å². The summed E-state index contributed by atoms with van der Waals surface area (Å²) in [6.07, 6.45) is 1.23. The lowest BCUT2D eigenvalue weighted by Gasteiger charge is -2.04. The van der Waals surface area contributed by atoms with E-state index in [2.05, 4.69) is 24.3 Å². The molecule has 2 aromatic carbocycles. The van der Waals surface area contributed by atoms with E-state index in [9.17, 15) is 0 Å². The summed E-state index contributed by atoms with van der Waals surface area (Å²) < 4.78 is 5.79. The zero-order valence-electron chi connectivity index (χ0n) is 10.8. The SMILES string of the molecule is Clc1ccc([C@@H]2C[C@H]2COCc2ccccc2)cc1. The summed E-state index contributed by atoms with van der Waals surface area (Å²) in [5.74, 6) is 1.33. The predicted octanol–water partition coefficient (Wildman–Crippen LogP) is 4.66. The van der Waals surface area contributed by atoms with Crippen LogP contribution < -0.4 is 0 Å². The Morgan fingerprint density at radius 2 is 1.74 bits per heavy atom. The van der Waals surface area contributed by atoms with Gasteiger partial charge in [0.15, 0.2) is 0 Å². The molecule has 0 saturated heterocycles. The van der Waals surface area contributed by atoms with E-state index in [1.807, 2.05) is 30.3 Å². The molecule has 0 N–H and O–H groups in total. The third-order valence-electron chi connectivity index (χ3n) is 3.66. The maximum atomic E-state index is 5.90. The van der Waals surface area contributed by atoms with E-state index >= 15 is 0 Å². The minimum Gasteiger partial charge on any atom is -0.376 e. The number of hydrogen-bond donors (Lipinski definition) is 0. The highest BCUT2D eigenvalue weighted by Gasteiger charge is 2.38. The van der Waals surface area contributed by atoms with Crippen LogP contribution in [0.15, 0.2) is 54.6 Å². The summed E-state index contributed by atoms with van der Waals surface area (Å²) in [6, 6.07) is 18.5. The first-order chi connectivity index (χ1) is 9.33. The molecule has 0 amide bonds. The zero-order valence-corrected chi connectivity index (χ0v) is 11.5. The van der Waals surface area contributed by atoms with Crippen molar-refractivity contribution < 1.29 is 4.74 Å². The monoisotopic (exact) mass is 272 g/mol. The first-order valence-corrected chi connectivity index (χ1v) is 7.08. The summed E-state index contributed by atoms with van der Waals surface area (Å²) in [5, 5.41) is 0.807. The van der Waals surface area contributed by atoms with Crippen molar-refractivity contribution in [3.63, 3.8) is 0 Å². The largest absolute Gasteiger partial charge is 0.376 e. The molecule has 0 aliphatic heterocycles. The maximum absolute atomic E-state index is 5.90. The van der Waals surface area contributed by atoms with Crippen LogP contribution in [-0.2, 0) is 11.3 Å². The van der Waals surface area contributed by atoms with Crippen LogP contribution in [0.1, 0.15) is 23.5 Å². The molecule has 1 saturated carbocycles. The van der Waals surface area contributed by atoms with Gasteiger partial charge in [0.1, 0.15) is 0 Å². The van der Waals surface area contributed by atoms with Gasteiger partial charge in [-0.25, -0.2) is 0 Å². The molecule has 0 bridgehead atoms. The van der Waals surface area contributed by atoms with Gasteiger partial charge in [0.25, 0.3) is 0 Å². The molecular formula is C17H17ClO. The Balaban J connectivity index is 1.45. The van der Waals surface area contributed by atoms with Crippen molar-refractivity contribution in [1.29, 1.82) is 0 Å². The van der Waals surface area contributed by atoms with Crippen LogP contribution in [0.4, 0.5) is 0 Å². The van der Waals surface area contributed by atoms with Crippen molar-refractivity contribution >= 4 is 11.6 Å². The standard InChI is InChI=1S/C17H17ClO/c18-16-8-6-14(7-9-16)17-10-15(17)12-19-11-13-4-2-1-3-5-13/h1-9,15,17H,10-12H2/t15-,17-/m0/s1. The van der Waals surface area contributed by atoms with Crippen LogP contribution in [0.3, 0.4) is 0 Å². The van der Waals surface area contributed by atoms with Gasteiger partial charge in [0.05, 0.1) is 13.2 Å². The maximum Gasteiger partial charge on any atom is 0.0717 e. The highest BCUT2D eigenvalue weighted by atomic mass is 35.5. The average molecular weight is 273 g/mol.